The first kappa shape index (κ1) is 26.5. The van der Waals surface area contributed by atoms with Crippen LogP contribution in [0.15, 0.2) is 83.8 Å². The molecular formula is C31H26F2N2O3S. The lowest BCUT2D eigenvalue weighted by atomic mass is 10.0. The maximum Gasteiger partial charge on any atom is 0.201 e. The molecule has 0 saturated carbocycles. The van der Waals surface area contributed by atoms with E-state index in [0.29, 0.717) is 23.3 Å². The van der Waals surface area contributed by atoms with E-state index in [-0.39, 0.29) is 23.4 Å². The van der Waals surface area contributed by atoms with E-state index in [9.17, 15) is 23.5 Å². The predicted octanol–water partition coefficient (Wildman–Crippen LogP) is 6.60. The average Bonchev–Trinajstić information content (AvgIpc) is 3.28. The van der Waals surface area contributed by atoms with Crippen molar-refractivity contribution in [1.29, 1.82) is 0 Å². The molecule has 8 heteroatoms. The summed E-state index contributed by atoms with van der Waals surface area (Å²) in [4.78, 5) is 29.6. The lowest BCUT2D eigenvalue weighted by Gasteiger charge is -2.18. The number of halogens is 2. The summed E-state index contributed by atoms with van der Waals surface area (Å²) in [6.45, 7) is 2.12. The number of pyridine rings is 1. The summed E-state index contributed by atoms with van der Waals surface area (Å²) in [7, 11) is 1.94. The Morgan fingerprint density at radius 2 is 1.59 bits per heavy atom. The number of aromatic nitrogens is 1. The van der Waals surface area contributed by atoms with Gasteiger partial charge in [-0.3, -0.25) is 14.5 Å². The smallest absolute Gasteiger partial charge is 0.201 e. The summed E-state index contributed by atoms with van der Waals surface area (Å²) < 4.78 is 30.9. The minimum atomic E-state index is -0.704. The van der Waals surface area contributed by atoms with E-state index < -0.39 is 22.8 Å². The molecule has 2 aromatic heterocycles. The molecule has 0 bridgehead atoms. The van der Waals surface area contributed by atoms with Crippen molar-refractivity contribution in [3.05, 3.63) is 123 Å². The van der Waals surface area contributed by atoms with Gasteiger partial charge in [0.25, 0.3) is 0 Å². The molecule has 0 aliphatic rings. The monoisotopic (exact) mass is 544 g/mol. The van der Waals surface area contributed by atoms with Gasteiger partial charge in [-0.15, -0.1) is 11.3 Å². The maximum atomic E-state index is 14.6. The second-order valence-corrected chi connectivity index (χ2v) is 10.5. The van der Waals surface area contributed by atoms with E-state index in [4.69, 9.17) is 0 Å². The molecule has 0 unspecified atom stereocenters. The first-order valence-corrected chi connectivity index (χ1v) is 13.2. The lowest BCUT2D eigenvalue weighted by Crippen LogP contribution is -2.21. The van der Waals surface area contributed by atoms with Crippen molar-refractivity contribution < 1.29 is 18.7 Å². The number of nitrogens with zero attached hydrogens (tertiary/aromatic N) is 2. The van der Waals surface area contributed by atoms with E-state index in [1.54, 1.807) is 28.8 Å². The van der Waals surface area contributed by atoms with E-state index in [1.165, 1.54) is 42.7 Å². The summed E-state index contributed by atoms with van der Waals surface area (Å²) in [5.74, 6) is -1.73. The summed E-state index contributed by atoms with van der Waals surface area (Å²) >= 11 is 1.32. The molecule has 5 nitrogen and oxygen atoms in total. The zero-order valence-corrected chi connectivity index (χ0v) is 22.3. The zero-order valence-electron chi connectivity index (χ0n) is 21.4. The summed E-state index contributed by atoms with van der Waals surface area (Å²) in [6, 6.07) is 20.2. The van der Waals surface area contributed by atoms with Crippen molar-refractivity contribution in [2.45, 2.75) is 26.6 Å². The number of fused-ring (bicyclic) bond motifs is 1. The van der Waals surface area contributed by atoms with Gasteiger partial charge in [0.15, 0.2) is 5.78 Å². The van der Waals surface area contributed by atoms with Gasteiger partial charge in [-0.1, -0.05) is 36.4 Å². The van der Waals surface area contributed by atoms with E-state index in [2.05, 4.69) is 4.90 Å². The fourth-order valence-corrected chi connectivity index (χ4v) is 6.03. The minimum absolute atomic E-state index is 0.0405. The van der Waals surface area contributed by atoms with Crippen LogP contribution in [0.1, 0.15) is 34.0 Å². The molecule has 0 fully saturated rings. The first-order chi connectivity index (χ1) is 18.7. The number of aromatic hydroxyl groups is 1. The zero-order chi connectivity index (χ0) is 27.7. The van der Waals surface area contributed by atoms with Crippen LogP contribution >= 0.6 is 11.3 Å². The molecule has 0 radical (unpaired) electrons. The van der Waals surface area contributed by atoms with Gasteiger partial charge in [-0.2, -0.15) is 0 Å². The molecule has 5 rings (SSSR count). The molecular weight excluding hydrogens is 518 g/mol. The van der Waals surface area contributed by atoms with Gasteiger partial charge < -0.3 is 9.67 Å². The largest absolute Gasteiger partial charge is 0.508 e. The Bertz CT molecular complexity index is 1710. The number of phenolic OH excluding ortho intramolecular Hbond substituents is 1. The number of ketones is 1. The topological polar surface area (TPSA) is 62.5 Å². The Morgan fingerprint density at radius 1 is 0.923 bits per heavy atom. The Kier molecular flexibility index (Phi) is 7.41. The van der Waals surface area contributed by atoms with Crippen LogP contribution in [0.3, 0.4) is 0 Å². The van der Waals surface area contributed by atoms with Gasteiger partial charge in [-0.25, -0.2) is 8.78 Å². The fraction of sp³-hybridized carbons (Fsp3) is 0.161. The molecule has 0 aliphatic carbocycles. The highest BCUT2D eigenvalue weighted by molar-refractivity contribution is 7.22. The molecule has 5 aromatic rings. The standard InChI is InChI=1S/C31H26F2N2O3S/c1-19(36)23-17-35(18-24-26(32)9-6-10-27(24)33)31-28(29(23)38)25(16-34(2)15-20-7-4-3-5-8-20)30(39-31)21-11-13-22(37)14-12-21/h3-14,17,37H,15-16,18H2,1-2H3. The van der Waals surface area contributed by atoms with Crippen molar-refractivity contribution in [3.8, 4) is 16.2 Å². The highest BCUT2D eigenvalue weighted by atomic mass is 32.1. The minimum Gasteiger partial charge on any atom is -0.508 e. The van der Waals surface area contributed by atoms with Crippen LogP contribution in [0.25, 0.3) is 20.7 Å². The third-order valence-corrected chi connectivity index (χ3v) is 7.95. The number of rotatable bonds is 8. The second kappa shape index (κ2) is 10.9. The molecule has 0 spiro atoms. The average molecular weight is 545 g/mol. The van der Waals surface area contributed by atoms with Crippen LogP contribution in [0.2, 0.25) is 0 Å². The maximum absolute atomic E-state index is 14.6. The SMILES string of the molecule is CC(=O)c1cn(Cc2c(F)cccc2F)c2sc(-c3ccc(O)cc3)c(CN(C)Cc3ccccc3)c2c1=O. The van der Waals surface area contributed by atoms with Crippen LogP contribution in [-0.4, -0.2) is 27.4 Å². The van der Waals surface area contributed by atoms with Gasteiger partial charge in [0, 0.05) is 29.7 Å². The quantitative estimate of drug-likeness (QED) is 0.224. The van der Waals surface area contributed by atoms with Crippen molar-refractivity contribution in [2.24, 2.45) is 0 Å². The Balaban J connectivity index is 1.73. The third kappa shape index (κ3) is 5.39. The third-order valence-electron chi connectivity index (χ3n) is 6.63. The van der Waals surface area contributed by atoms with Crippen LogP contribution < -0.4 is 5.43 Å². The number of carbonyl (C=O) groups is 1. The Morgan fingerprint density at radius 3 is 2.23 bits per heavy atom. The van der Waals surface area contributed by atoms with Crippen LogP contribution in [0.4, 0.5) is 8.78 Å². The van der Waals surface area contributed by atoms with Crippen LogP contribution in [0, 0.1) is 11.6 Å². The van der Waals surface area contributed by atoms with Gasteiger partial charge in [0.2, 0.25) is 5.43 Å². The number of Topliss-reactive ketones (excluding diaryl/α,β-unsaturated/α-hetero) is 1. The van der Waals surface area contributed by atoms with Crippen molar-refractivity contribution in [1.82, 2.24) is 9.47 Å². The highest BCUT2D eigenvalue weighted by Gasteiger charge is 2.24. The number of carbonyl (C=O) groups excluding carboxylic acids is 1. The highest BCUT2D eigenvalue weighted by Crippen LogP contribution is 2.39. The van der Waals surface area contributed by atoms with Gasteiger partial charge in [-0.05, 0) is 67.1 Å². The molecule has 0 amide bonds. The second-order valence-electron chi connectivity index (χ2n) is 9.55. The molecule has 1 N–H and O–H groups in total. The number of hydrogen-bond donors (Lipinski definition) is 1. The lowest BCUT2D eigenvalue weighted by molar-refractivity contribution is 0.101. The number of hydrogen-bond acceptors (Lipinski definition) is 5. The van der Waals surface area contributed by atoms with Crippen LogP contribution in [-0.2, 0) is 19.6 Å². The van der Waals surface area contributed by atoms with E-state index in [1.807, 2.05) is 37.4 Å². The van der Waals surface area contributed by atoms with Crippen molar-refractivity contribution in [3.63, 3.8) is 0 Å². The van der Waals surface area contributed by atoms with E-state index in [0.717, 1.165) is 21.6 Å². The first-order valence-electron chi connectivity index (χ1n) is 12.4. The molecule has 2 heterocycles. The number of phenols is 1. The number of benzene rings is 3. The molecule has 0 aliphatic heterocycles. The number of thiophene rings is 1. The molecule has 3 aromatic carbocycles. The molecule has 0 atom stereocenters. The summed E-state index contributed by atoms with van der Waals surface area (Å²) in [5, 5.41) is 10.2. The molecule has 198 valence electrons. The van der Waals surface area contributed by atoms with Crippen molar-refractivity contribution >= 4 is 27.3 Å². The predicted molar refractivity (Wildman–Crippen MR) is 150 cm³/mol. The van der Waals surface area contributed by atoms with E-state index >= 15 is 0 Å². The molecule has 39 heavy (non-hydrogen) atoms. The van der Waals surface area contributed by atoms with Gasteiger partial charge in [0.1, 0.15) is 22.2 Å². The van der Waals surface area contributed by atoms with Gasteiger partial charge in [0.05, 0.1) is 17.5 Å². The normalized spacial score (nSPS) is 11.4. The van der Waals surface area contributed by atoms with Crippen molar-refractivity contribution in [2.75, 3.05) is 7.05 Å². The molecule has 0 saturated heterocycles. The van der Waals surface area contributed by atoms with Gasteiger partial charge >= 0.3 is 0 Å². The summed E-state index contributed by atoms with van der Waals surface area (Å²) in [6.07, 6.45) is 1.40. The fourth-order valence-electron chi connectivity index (χ4n) is 4.74. The van der Waals surface area contributed by atoms with Crippen LogP contribution in [0.5, 0.6) is 5.75 Å². The Hall–Kier alpha value is -4.14. The summed E-state index contributed by atoms with van der Waals surface area (Å²) in [5.41, 5.74) is 2.00. The Labute approximate surface area is 228 Å².